The standard InChI is InChI=1S/C23H29FN6O/c1-15(11-20-16(2)29-30(5)17(20)3)28-23(25-4)27-13-18-8-9-22(21(24)12-18)31-19-7-6-10-26-14-19/h6-10,12,14-15H,11,13H2,1-5H3,(H2,25,27,28). The SMILES string of the molecule is CN=C(NCc1ccc(Oc2cccnc2)c(F)c1)NC(C)Cc1c(C)nn(C)c1C. The first-order valence-electron chi connectivity index (χ1n) is 10.2. The zero-order valence-corrected chi connectivity index (χ0v) is 18.6. The predicted octanol–water partition coefficient (Wildman–Crippen LogP) is 3.66. The highest BCUT2D eigenvalue weighted by Crippen LogP contribution is 2.24. The Balaban J connectivity index is 1.56. The predicted molar refractivity (Wildman–Crippen MR) is 120 cm³/mol. The molecule has 0 fully saturated rings. The summed E-state index contributed by atoms with van der Waals surface area (Å²) < 4.78 is 21.9. The Kier molecular flexibility index (Phi) is 7.23. The number of hydrogen-bond donors (Lipinski definition) is 2. The van der Waals surface area contributed by atoms with Gasteiger partial charge in [0, 0.05) is 38.6 Å². The molecule has 3 aromatic rings. The van der Waals surface area contributed by atoms with Crippen molar-refractivity contribution >= 4 is 5.96 Å². The van der Waals surface area contributed by atoms with Crippen molar-refractivity contribution in [3.63, 3.8) is 0 Å². The van der Waals surface area contributed by atoms with E-state index in [2.05, 4.69) is 39.6 Å². The van der Waals surface area contributed by atoms with Crippen LogP contribution < -0.4 is 15.4 Å². The van der Waals surface area contributed by atoms with Gasteiger partial charge in [0.2, 0.25) is 0 Å². The van der Waals surface area contributed by atoms with Crippen LogP contribution in [0.25, 0.3) is 0 Å². The number of benzene rings is 1. The first-order valence-corrected chi connectivity index (χ1v) is 10.2. The van der Waals surface area contributed by atoms with Gasteiger partial charge in [0.05, 0.1) is 11.9 Å². The topological polar surface area (TPSA) is 76.4 Å². The van der Waals surface area contributed by atoms with Crippen LogP contribution in [-0.2, 0) is 20.0 Å². The number of guanidine groups is 1. The fraction of sp³-hybridized carbons (Fsp3) is 0.348. The molecule has 31 heavy (non-hydrogen) atoms. The molecular weight excluding hydrogens is 395 g/mol. The van der Waals surface area contributed by atoms with Gasteiger partial charge in [0.15, 0.2) is 17.5 Å². The summed E-state index contributed by atoms with van der Waals surface area (Å²) in [4.78, 5) is 8.24. The van der Waals surface area contributed by atoms with E-state index in [-0.39, 0.29) is 11.8 Å². The second-order valence-corrected chi connectivity index (χ2v) is 7.50. The van der Waals surface area contributed by atoms with Gasteiger partial charge >= 0.3 is 0 Å². The normalized spacial score (nSPS) is 12.5. The number of aryl methyl sites for hydroxylation is 2. The molecule has 0 aliphatic heterocycles. The fourth-order valence-electron chi connectivity index (χ4n) is 3.36. The number of nitrogens with one attached hydrogen (secondary N) is 2. The summed E-state index contributed by atoms with van der Waals surface area (Å²) in [6.07, 6.45) is 4.01. The van der Waals surface area contributed by atoms with E-state index in [1.165, 1.54) is 11.6 Å². The van der Waals surface area contributed by atoms with Crippen LogP contribution in [0.5, 0.6) is 11.5 Å². The molecule has 0 saturated carbocycles. The Morgan fingerprint density at radius 1 is 1.29 bits per heavy atom. The summed E-state index contributed by atoms with van der Waals surface area (Å²) in [6, 6.07) is 8.51. The van der Waals surface area contributed by atoms with Crippen LogP contribution in [0.2, 0.25) is 0 Å². The van der Waals surface area contributed by atoms with Gasteiger partial charge in [0.1, 0.15) is 5.75 Å². The van der Waals surface area contributed by atoms with Crippen molar-refractivity contribution in [2.24, 2.45) is 12.0 Å². The average Bonchev–Trinajstić information content (AvgIpc) is 2.99. The van der Waals surface area contributed by atoms with Crippen molar-refractivity contribution in [2.45, 2.75) is 39.8 Å². The molecule has 7 nitrogen and oxygen atoms in total. The summed E-state index contributed by atoms with van der Waals surface area (Å²) in [7, 11) is 3.67. The summed E-state index contributed by atoms with van der Waals surface area (Å²) in [6.45, 7) is 6.63. The Bertz CT molecular complexity index is 1050. The maximum Gasteiger partial charge on any atom is 0.191 e. The number of aromatic nitrogens is 3. The van der Waals surface area contributed by atoms with Crippen molar-refractivity contribution in [3.05, 3.63) is 71.1 Å². The lowest BCUT2D eigenvalue weighted by molar-refractivity contribution is 0.440. The van der Waals surface area contributed by atoms with E-state index in [0.717, 1.165) is 23.4 Å². The summed E-state index contributed by atoms with van der Waals surface area (Å²) in [5.74, 6) is 0.879. The molecule has 0 aliphatic carbocycles. The van der Waals surface area contributed by atoms with E-state index in [1.54, 1.807) is 37.6 Å². The van der Waals surface area contributed by atoms with Gasteiger partial charge in [-0.1, -0.05) is 6.07 Å². The minimum atomic E-state index is -0.429. The maximum atomic E-state index is 14.4. The van der Waals surface area contributed by atoms with Gasteiger partial charge < -0.3 is 15.4 Å². The lowest BCUT2D eigenvalue weighted by Crippen LogP contribution is -2.42. The number of nitrogens with zero attached hydrogens (tertiary/aromatic N) is 4. The molecule has 1 atom stereocenters. The van der Waals surface area contributed by atoms with Crippen LogP contribution in [0, 0.1) is 19.7 Å². The Morgan fingerprint density at radius 3 is 2.71 bits per heavy atom. The summed E-state index contributed by atoms with van der Waals surface area (Å²) in [5, 5.41) is 11.1. The molecule has 0 amide bonds. The fourth-order valence-corrected chi connectivity index (χ4v) is 3.36. The van der Waals surface area contributed by atoms with E-state index < -0.39 is 5.82 Å². The van der Waals surface area contributed by atoms with Crippen LogP contribution in [0.4, 0.5) is 4.39 Å². The molecule has 164 valence electrons. The molecule has 1 aromatic carbocycles. The zero-order chi connectivity index (χ0) is 22.4. The molecule has 8 heteroatoms. The van der Waals surface area contributed by atoms with Crippen LogP contribution in [-0.4, -0.2) is 33.8 Å². The maximum absolute atomic E-state index is 14.4. The number of ether oxygens (including phenoxy) is 1. The third kappa shape index (κ3) is 5.81. The summed E-state index contributed by atoms with van der Waals surface area (Å²) in [5.41, 5.74) is 4.23. The lowest BCUT2D eigenvalue weighted by atomic mass is 10.1. The van der Waals surface area contributed by atoms with E-state index in [9.17, 15) is 4.39 Å². The van der Waals surface area contributed by atoms with Gasteiger partial charge in [-0.05, 0) is 62.6 Å². The first kappa shape index (κ1) is 22.3. The highest BCUT2D eigenvalue weighted by atomic mass is 19.1. The van der Waals surface area contributed by atoms with Crippen molar-refractivity contribution in [1.82, 2.24) is 25.4 Å². The third-order valence-electron chi connectivity index (χ3n) is 5.09. The second kappa shape index (κ2) is 10.1. The number of hydrogen-bond acceptors (Lipinski definition) is 4. The Labute approximate surface area is 182 Å². The first-order chi connectivity index (χ1) is 14.9. The smallest absolute Gasteiger partial charge is 0.191 e. The molecule has 0 saturated heterocycles. The molecule has 1 unspecified atom stereocenters. The van der Waals surface area contributed by atoms with Crippen LogP contribution in [0.3, 0.4) is 0 Å². The van der Waals surface area contributed by atoms with Crippen molar-refractivity contribution in [3.8, 4) is 11.5 Å². The molecular formula is C23H29FN6O. The molecule has 0 spiro atoms. The zero-order valence-electron chi connectivity index (χ0n) is 18.6. The van der Waals surface area contributed by atoms with Crippen molar-refractivity contribution in [1.29, 1.82) is 0 Å². The van der Waals surface area contributed by atoms with Crippen molar-refractivity contribution in [2.75, 3.05) is 7.05 Å². The molecule has 2 heterocycles. The minimum Gasteiger partial charge on any atom is -0.453 e. The van der Waals surface area contributed by atoms with Crippen LogP contribution in [0.15, 0.2) is 47.7 Å². The second-order valence-electron chi connectivity index (χ2n) is 7.50. The highest BCUT2D eigenvalue weighted by Gasteiger charge is 2.14. The van der Waals surface area contributed by atoms with Crippen LogP contribution in [0.1, 0.15) is 29.4 Å². The van der Waals surface area contributed by atoms with E-state index in [4.69, 9.17) is 4.74 Å². The number of halogens is 1. The molecule has 0 aliphatic rings. The Hall–Kier alpha value is -3.42. The van der Waals surface area contributed by atoms with Gasteiger partial charge in [-0.25, -0.2) is 4.39 Å². The molecule has 0 radical (unpaired) electrons. The quantitative estimate of drug-likeness (QED) is 0.447. The largest absolute Gasteiger partial charge is 0.453 e. The molecule has 2 N–H and O–H groups in total. The highest BCUT2D eigenvalue weighted by molar-refractivity contribution is 5.79. The van der Waals surface area contributed by atoms with Gasteiger partial charge in [0.25, 0.3) is 0 Å². The number of rotatable bonds is 7. The lowest BCUT2D eigenvalue weighted by Gasteiger charge is -2.18. The summed E-state index contributed by atoms with van der Waals surface area (Å²) >= 11 is 0. The Morgan fingerprint density at radius 2 is 2.10 bits per heavy atom. The van der Waals surface area contributed by atoms with E-state index >= 15 is 0 Å². The molecule has 3 rings (SSSR count). The van der Waals surface area contributed by atoms with Gasteiger partial charge in [-0.15, -0.1) is 0 Å². The molecule has 0 bridgehead atoms. The average molecular weight is 425 g/mol. The van der Waals surface area contributed by atoms with Crippen LogP contribution >= 0.6 is 0 Å². The van der Waals surface area contributed by atoms with E-state index in [1.807, 2.05) is 24.7 Å². The third-order valence-corrected chi connectivity index (χ3v) is 5.09. The minimum absolute atomic E-state index is 0.153. The van der Waals surface area contributed by atoms with Crippen molar-refractivity contribution < 1.29 is 9.13 Å². The number of aliphatic imine (C=N–C) groups is 1. The monoisotopic (exact) mass is 424 g/mol. The van der Waals surface area contributed by atoms with Gasteiger partial charge in [-0.3, -0.25) is 14.7 Å². The van der Waals surface area contributed by atoms with E-state index in [0.29, 0.717) is 18.3 Å². The number of pyridine rings is 1. The van der Waals surface area contributed by atoms with Gasteiger partial charge in [-0.2, -0.15) is 5.10 Å². The molecule has 2 aromatic heterocycles.